The Morgan fingerprint density at radius 3 is 2.27 bits per heavy atom. The number of carbonyl (C=O) groups excluding carboxylic acids is 2. The van der Waals surface area contributed by atoms with Gasteiger partial charge in [-0.1, -0.05) is 35.9 Å². The van der Waals surface area contributed by atoms with Gasteiger partial charge in [-0.15, -0.1) is 0 Å². The number of hydrogen-bond donors (Lipinski definition) is 1. The molecular weight excluding hydrogens is 386 g/mol. The van der Waals surface area contributed by atoms with Crippen molar-refractivity contribution in [3.63, 3.8) is 0 Å². The largest absolute Gasteiger partial charge is 0.507 e. The number of aliphatic hydroxyl groups is 1. The molecule has 7 heteroatoms. The Bertz CT molecular complexity index is 980. The first-order chi connectivity index (χ1) is 14.4. The van der Waals surface area contributed by atoms with E-state index in [0.717, 1.165) is 5.56 Å². The molecule has 0 radical (unpaired) electrons. The van der Waals surface area contributed by atoms with Gasteiger partial charge in [0.05, 0.1) is 32.4 Å². The molecule has 0 spiro atoms. The van der Waals surface area contributed by atoms with Crippen LogP contribution in [0.3, 0.4) is 0 Å². The highest BCUT2D eigenvalue weighted by Crippen LogP contribution is 2.41. The lowest BCUT2D eigenvalue weighted by Crippen LogP contribution is -2.32. The monoisotopic (exact) mass is 411 g/mol. The van der Waals surface area contributed by atoms with Gasteiger partial charge in [0.15, 0.2) is 11.5 Å². The number of rotatable bonds is 7. The number of Topliss-reactive ketones (excluding diaryl/α,β-unsaturated/α-hetero) is 1. The van der Waals surface area contributed by atoms with Crippen LogP contribution in [0.5, 0.6) is 11.5 Å². The maximum Gasteiger partial charge on any atom is 0.295 e. The second-order valence-electron chi connectivity index (χ2n) is 6.97. The number of amides is 1. The van der Waals surface area contributed by atoms with Crippen molar-refractivity contribution in [1.29, 1.82) is 0 Å². The molecule has 1 heterocycles. The van der Waals surface area contributed by atoms with Gasteiger partial charge in [-0.05, 0) is 24.6 Å². The van der Waals surface area contributed by atoms with Crippen LogP contribution in [0.1, 0.15) is 22.7 Å². The first-order valence-corrected chi connectivity index (χ1v) is 9.49. The maximum atomic E-state index is 12.9. The van der Waals surface area contributed by atoms with Crippen LogP contribution < -0.4 is 9.47 Å². The molecule has 0 aromatic heterocycles. The number of aryl methyl sites for hydroxylation is 1. The van der Waals surface area contributed by atoms with E-state index in [0.29, 0.717) is 22.6 Å². The summed E-state index contributed by atoms with van der Waals surface area (Å²) in [5.41, 5.74) is 2.14. The highest BCUT2D eigenvalue weighted by atomic mass is 16.5. The molecule has 1 aliphatic heterocycles. The Labute approximate surface area is 175 Å². The van der Waals surface area contributed by atoms with Crippen LogP contribution in [-0.4, -0.2) is 56.2 Å². The van der Waals surface area contributed by atoms with E-state index in [4.69, 9.17) is 14.2 Å². The molecule has 0 saturated carbocycles. The molecule has 1 saturated heterocycles. The van der Waals surface area contributed by atoms with Gasteiger partial charge in [0, 0.05) is 19.2 Å². The van der Waals surface area contributed by atoms with E-state index in [-0.39, 0.29) is 24.5 Å². The number of carbonyl (C=O) groups is 2. The Morgan fingerprint density at radius 2 is 1.67 bits per heavy atom. The molecule has 1 amide bonds. The van der Waals surface area contributed by atoms with Gasteiger partial charge >= 0.3 is 0 Å². The number of aliphatic hydroxyl groups excluding tert-OH is 1. The summed E-state index contributed by atoms with van der Waals surface area (Å²) >= 11 is 0. The molecule has 7 nitrogen and oxygen atoms in total. The Balaban J connectivity index is 2.18. The first kappa shape index (κ1) is 21.4. The second-order valence-corrected chi connectivity index (χ2v) is 6.97. The van der Waals surface area contributed by atoms with E-state index >= 15 is 0 Å². The predicted octanol–water partition coefficient (Wildman–Crippen LogP) is 3.08. The third-order valence-corrected chi connectivity index (χ3v) is 5.12. The van der Waals surface area contributed by atoms with Crippen molar-refractivity contribution in [3.05, 3.63) is 64.7 Å². The predicted molar refractivity (Wildman–Crippen MR) is 112 cm³/mol. The number of nitrogens with zero attached hydrogens (tertiary/aromatic N) is 1. The number of methoxy groups -OCH3 is 3. The van der Waals surface area contributed by atoms with E-state index in [2.05, 4.69) is 0 Å². The van der Waals surface area contributed by atoms with Gasteiger partial charge in [0.1, 0.15) is 5.76 Å². The van der Waals surface area contributed by atoms with Crippen molar-refractivity contribution in [1.82, 2.24) is 4.90 Å². The first-order valence-electron chi connectivity index (χ1n) is 9.49. The van der Waals surface area contributed by atoms with E-state index in [9.17, 15) is 14.7 Å². The zero-order valence-electron chi connectivity index (χ0n) is 17.5. The zero-order chi connectivity index (χ0) is 21.8. The summed E-state index contributed by atoms with van der Waals surface area (Å²) in [7, 11) is 4.56. The Hall–Kier alpha value is -3.32. The van der Waals surface area contributed by atoms with Crippen molar-refractivity contribution >= 4 is 17.4 Å². The summed E-state index contributed by atoms with van der Waals surface area (Å²) in [5, 5.41) is 11.0. The standard InChI is InChI=1S/C23H25NO6/c1-14-5-7-15(8-6-14)21(25)19-20(24(11-12-28-2)23(27)22(19)26)16-9-10-17(29-3)18(13-16)30-4/h5-10,13,20,25H,11-12H2,1-4H3. The van der Waals surface area contributed by atoms with Crippen LogP contribution in [0.25, 0.3) is 5.76 Å². The van der Waals surface area contributed by atoms with Crippen LogP contribution in [0, 0.1) is 6.92 Å². The number of hydrogen-bond acceptors (Lipinski definition) is 6. The van der Waals surface area contributed by atoms with Gasteiger partial charge < -0.3 is 24.2 Å². The van der Waals surface area contributed by atoms with Gasteiger partial charge in [-0.25, -0.2) is 0 Å². The topological polar surface area (TPSA) is 85.3 Å². The third-order valence-electron chi connectivity index (χ3n) is 5.12. The van der Waals surface area contributed by atoms with Crippen molar-refractivity contribution in [2.75, 3.05) is 34.5 Å². The van der Waals surface area contributed by atoms with Gasteiger partial charge in [-0.2, -0.15) is 0 Å². The van der Waals surface area contributed by atoms with E-state index < -0.39 is 17.7 Å². The summed E-state index contributed by atoms with van der Waals surface area (Å²) in [6.07, 6.45) is 0. The van der Waals surface area contributed by atoms with Gasteiger partial charge in [0.25, 0.3) is 11.7 Å². The number of benzene rings is 2. The SMILES string of the molecule is COCCN1C(=O)C(=O)C(=C(O)c2ccc(C)cc2)C1c1ccc(OC)c(OC)c1. The molecule has 2 aromatic carbocycles. The fourth-order valence-electron chi connectivity index (χ4n) is 3.54. The Morgan fingerprint density at radius 1 is 1.00 bits per heavy atom. The molecule has 0 aliphatic carbocycles. The van der Waals surface area contributed by atoms with E-state index in [1.165, 1.54) is 26.2 Å². The van der Waals surface area contributed by atoms with Crippen LogP contribution in [0.4, 0.5) is 0 Å². The fraction of sp³-hybridized carbons (Fsp3) is 0.304. The smallest absolute Gasteiger partial charge is 0.295 e. The van der Waals surface area contributed by atoms with Crippen molar-refractivity contribution in [3.8, 4) is 11.5 Å². The lowest BCUT2D eigenvalue weighted by atomic mass is 9.94. The van der Waals surface area contributed by atoms with Crippen LogP contribution >= 0.6 is 0 Å². The fourth-order valence-corrected chi connectivity index (χ4v) is 3.54. The molecule has 30 heavy (non-hydrogen) atoms. The lowest BCUT2D eigenvalue weighted by molar-refractivity contribution is -0.140. The van der Waals surface area contributed by atoms with Gasteiger partial charge in [-0.3, -0.25) is 9.59 Å². The van der Waals surface area contributed by atoms with E-state index in [1.807, 2.05) is 19.1 Å². The molecule has 1 fully saturated rings. The van der Waals surface area contributed by atoms with Crippen LogP contribution in [0.15, 0.2) is 48.0 Å². The average molecular weight is 411 g/mol. The van der Waals surface area contributed by atoms with Crippen LogP contribution in [0.2, 0.25) is 0 Å². The summed E-state index contributed by atoms with van der Waals surface area (Å²) in [4.78, 5) is 27.1. The van der Waals surface area contributed by atoms with Crippen molar-refractivity contribution < 1.29 is 28.9 Å². The highest BCUT2D eigenvalue weighted by molar-refractivity contribution is 6.46. The summed E-state index contributed by atoms with van der Waals surface area (Å²) < 4.78 is 15.8. The molecule has 1 N–H and O–H groups in total. The Kier molecular flexibility index (Phi) is 6.42. The molecule has 1 atom stereocenters. The number of likely N-dealkylation sites (tertiary alicyclic amines) is 1. The molecule has 1 aliphatic rings. The molecule has 3 rings (SSSR count). The molecule has 0 bridgehead atoms. The minimum absolute atomic E-state index is 0.0344. The molecule has 2 aromatic rings. The quantitative estimate of drug-likeness (QED) is 0.428. The average Bonchev–Trinajstić information content (AvgIpc) is 3.01. The minimum atomic E-state index is -0.777. The van der Waals surface area contributed by atoms with Crippen molar-refractivity contribution in [2.45, 2.75) is 13.0 Å². The van der Waals surface area contributed by atoms with Crippen LogP contribution in [-0.2, 0) is 14.3 Å². The maximum absolute atomic E-state index is 12.9. The molecular formula is C23H25NO6. The molecule has 1 unspecified atom stereocenters. The minimum Gasteiger partial charge on any atom is -0.507 e. The molecule has 158 valence electrons. The number of ketones is 1. The summed E-state index contributed by atoms with van der Waals surface area (Å²) in [6.45, 7) is 2.38. The third kappa shape index (κ3) is 3.89. The lowest BCUT2D eigenvalue weighted by Gasteiger charge is -2.25. The number of ether oxygens (including phenoxy) is 3. The second kappa shape index (κ2) is 9.00. The zero-order valence-corrected chi connectivity index (χ0v) is 17.5. The van der Waals surface area contributed by atoms with Gasteiger partial charge in [0.2, 0.25) is 0 Å². The highest BCUT2D eigenvalue weighted by Gasteiger charge is 2.46. The summed E-state index contributed by atoms with van der Waals surface area (Å²) in [6, 6.07) is 11.5. The van der Waals surface area contributed by atoms with Crippen molar-refractivity contribution in [2.24, 2.45) is 0 Å². The summed E-state index contributed by atoms with van der Waals surface area (Å²) in [5.74, 6) is -0.645. The normalized spacial score (nSPS) is 18.0. The van der Waals surface area contributed by atoms with E-state index in [1.54, 1.807) is 30.3 Å².